The lowest BCUT2D eigenvalue weighted by atomic mass is 9.81. The summed E-state index contributed by atoms with van der Waals surface area (Å²) in [6.45, 7) is 5.11. The molecule has 202 valence electrons. The molecule has 1 heterocycles. The van der Waals surface area contributed by atoms with Crippen LogP contribution in [0.4, 0.5) is 10.5 Å². The van der Waals surface area contributed by atoms with Gasteiger partial charge in [-0.05, 0) is 61.1 Å². The summed E-state index contributed by atoms with van der Waals surface area (Å²) >= 11 is 0. The number of rotatable bonds is 10. The van der Waals surface area contributed by atoms with E-state index in [9.17, 15) is 19.2 Å². The summed E-state index contributed by atoms with van der Waals surface area (Å²) in [5.74, 6) is 0.603. The minimum atomic E-state index is -0.379. The van der Waals surface area contributed by atoms with Crippen molar-refractivity contribution in [1.82, 2.24) is 10.2 Å². The summed E-state index contributed by atoms with van der Waals surface area (Å²) in [6, 6.07) is 11.6. The number of nitrogens with one attached hydrogen (secondary N) is 1. The standard InChI is InChI=1S/C30H37N3O5/c1-20(2)14-15-31-28(35)17-21-8-11-24(12-9-21)33-29(36)25-6-4-5-7-26(25)32(30(33)37)18-23-16-22(19-34)10-13-27(23)38-3/h8-13,16,19-20,25-26H,4-7,14-15,17-18H2,1-3H3,(H,31,35). The van der Waals surface area contributed by atoms with E-state index in [1.165, 1.54) is 4.90 Å². The van der Waals surface area contributed by atoms with Gasteiger partial charge in [0.25, 0.3) is 0 Å². The second-order valence-electron chi connectivity index (χ2n) is 10.6. The molecule has 38 heavy (non-hydrogen) atoms. The number of urea groups is 1. The number of aldehydes is 1. The molecule has 2 unspecified atom stereocenters. The third-order valence-electron chi connectivity index (χ3n) is 7.49. The van der Waals surface area contributed by atoms with Crippen LogP contribution in [0, 0.1) is 11.8 Å². The van der Waals surface area contributed by atoms with E-state index in [0.717, 1.165) is 49.5 Å². The van der Waals surface area contributed by atoms with Gasteiger partial charge in [0, 0.05) is 23.7 Å². The molecule has 2 aromatic rings. The van der Waals surface area contributed by atoms with E-state index in [-0.39, 0.29) is 42.8 Å². The fourth-order valence-corrected chi connectivity index (χ4v) is 5.42. The van der Waals surface area contributed by atoms with Crippen molar-refractivity contribution in [3.63, 3.8) is 0 Å². The summed E-state index contributed by atoms with van der Waals surface area (Å²) in [7, 11) is 1.56. The van der Waals surface area contributed by atoms with Crippen molar-refractivity contribution in [3.8, 4) is 5.75 Å². The van der Waals surface area contributed by atoms with E-state index < -0.39 is 0 Å². The Hall–Kier alpha value is -3.68. The largest absolute Gasteiger partial charge is 0.496 e. The lowest BCUT2D eigenvalue weighted by Crippen LogP contribution is -2.62. The second-order valence-corrected chi connectivity index (χ2v) is 10.6. The van der Waals surface area contributed by atoms with E-state index >= 15 is 0 Å². The lowest BCUT2D eigenvalue weighted by molar-refractivity contribution is -0.127. The van der Waals surface area contributed by atoms with Gasteiger partial charge in [-0.25, -0.2) is 9.69 Å². The number of fused-ring (bicyclic) bond motifs is 1. The molecule has 4 amide bonds. The van der Waals surface area contributed by atoms with Crippen LogP contribution in [-0.2, 0) is 22.6 Å². The van der Waals surface area contributed by atoms with Gasteiger partial charge >= 0.3 is 6.03 Å². The zero-order chi connectivity index (χ0) is 27.2. The molecule has 0 radical (unpaired) electrons. The second kappa shape index (κ2) is 12.2. The molecule has 2 aromatic carbocycles. The smallest absolute Gasteiger partial charge is 0.331 e. The summed E-state index contributed by atoms with van der Waals surface area (Å²) in [5, 5.41) is 2.94. The van der Waals surface area contributed by atoms with Crippen LogP contribution in [0.5, 0.6) is 5.75 Å². The third kappa shape index (κ3) is 6.06. The molecular formula is C30H37N3O5. The van der Waals surface area contributed by atoms with Crippen molar-refractivity contribution in [3.05, 3.63) is 59.2 Å². The first-order valence-electron chi connectivity index (χ1n) is 13.4. The number of carbonyl (C=O) groups excluding carboxylic acids is 4. The monoisotopic (exact) mass is 519 g/mol. The number of methoxy groups -OCH3 is 1. The summed E-state index contributed by atoms with van der Waals surface area (Å²) < 4.78 is 5.50. The van der Waals surface area contributed by atoms with Gasteiger partial charge in [0.1, 0.15) is 12.0 Å². The van der Waals surface area contributed by atoms with Crippen molar-refractivity contribution in [1.29, 1.82) is 0 Å². The molecule has 2 atom stereocenters. The number of anilines is 1. The Bertz CT molecular complexity index is 1180. The average molecular weight is 520 g/mol. The van der Waals surface area contributed by atoms with Gasteiger partial charge in [0.15, 0.2) is 0 Å². The van der Waals surface area contributed by atoms with Crippen molar-refractivity contribution < 1.29 is 23.9 Å². The molecule has 1 saturated carbocycles. The SMILES string of the molecule is COc1ccc(C=O)cc1CN1C(=O)N(c2ccc(CC(=O)NCCC(C)C)cc2)C(=O)C2CCCCC21. The molecule has 0 aromatic heterocycles. The molecule has 8 heteroatoms. The molecule has 2 aliphatic rings. The van der Waals surface area contributed by atoms with Gasteiger partial charge in [0.05, 0.1) is 31.7 Å². The van der Waals surface area contributed by atoms with Crippen LogP contribution in [0.2, 0.25) is 0 Å². The van der Waals surface area contributed by atoms with Crippen LogP contribution < -0.4 is 15.0 Å². The number of ether oxygens (including phenoxy) is 1. The predicted molar refractivity (Wildman–Crippen MR) is 145 cm³/mol. The van der Waals surface area contributed by atoms with E-state index in [1.807, 2.05) is 0 Å². The minimum Gasteiger partial charge on any atom is -0.496 e. The number of imide groups is 1. The van der Waals surface area contributed by atoms with Crippen molar-refractivity contribution in [2.75, 3.05) is 18.6 Å². The van der Waals surface area contributed by atoms with Gasteiger partial charge in [0.2, 0.25) is 11.8 Å². The molecule has 1 saturated heterocycles. The number of carbonyl (C=O) groups is 4. The molecule has 2 fully saturated rings. The lowest BCUT2D eigenvalue weighted by Gasteiger charge is -2.47. The zero-order valence-corrected chi connectivity index (χ0v) is 22.4. The number of amides is 4. The van der Waals surface area contributed by atoms with E-state index in [2.05, 4.69) is 19.2 Å². The number of hydrogen-bond donors (Lipinski definition) is 1. The first-order valence-corrected chi connectivity index (χ1v) is 13.4. The maximum absolute atomic E-state index is 13.8. The van der Waals surface area contributed by atoms with Gasteiger partial charge in [-0.15, -0.1) is 0 Å². The molecule has 1 aliphatic carbocycles. The van der Waals surface area contributed by atoms with E-state index in [4.69, 9.17) is 4.74 Å². The highest BCUT2D eigenvalue weighted by molar-refractivity contribution is 6.17. The third-order valence-corrected chi connectivity index (χ3v) is 7.49. The molecule has 1 N–H and O–H groups in total. The number of nitrogens with zero attached hydrogens (tertiary/aromatic N) is 2. The van der Waals surface area contributed by atoms with Crippen LogP contribution in [0.1, 0.15) is 67.4 Å². The van der Waals surface area contributed by atoms with Crippen LogP contribution in [0.25, 0.3) is 0 Å². The Balaban J connectivity index is 1.56. The molecule has 0 spiro atoms. The van der Waals surface area contributed by atoms with Gasteiger partial charge < -0.3 is 15.0 Å². The number of hydrogen-bond acceptors (Lipinski definition) is 5. The Kier molecular flexibility index (Phi) is 8.81. The summed E-state index contributed by atoms with van der Waals surface area (Å²) in [4.78, 5) is 54.1. The van der Waals surface area contributed by atoms with Crippen LogP contribution in [-0.4, -0.2) is 48.7 Å². The van der Waals surface area contributed by atoms with Crippen molar-refractivity contribution in [2.24, 2.45) is 11.8 Å². The topological polar surface area (TPSA) is 96.0 Å². The predicted octanol–water partition coefficient (Wildman–Crippen LogP) is 4.74. The molecule has 1 aliphatic heterocycles. The first-order chi connectivity index (χ1) is 18.3. The fourth-order valence-electron chi connectivity index (χ4n) is 5.42. The summed E-state index contributed by atoms with van der Waals surface area (Å²) in [5.41, 5.74) is 2.53. The Labute approximate surface area is 224 Å². The van der Waals surface area contributed by atoms with Crippen LogP contribution >= 0.6 is 0 Å². The zero-order valence-electron chi connectivity index (χ0n) is 22.4. The highest BCUT2D eigenvalue weighted by Crippen LogP contribution is 2.38. The first kappa shape index (κ1) is 27.4. The summed E-state index contributed by atoms with van der Waals surface area (Å²) in [6.07, 6.45) is 5.32. The van der Waals surface area contributed by atoms with E-state index in [0.29, 0.717) is 29.5 Å². The maximum atomic E-state index is 13.8. The fraction of sp³-hybridized carbons (Fsp3) is 0.467. The number of benzene rings is 2. The highest BCUT2D eigenvalue weighted by atomic mass is 16.5. The Morgan fingerprint density at radius 3 is 2.53 bits per heavy atom. The molecular weight excluding hydrogens is 482 g/mol. The Morgan fingerprint density at radius 1 is 1.11 bits per heavy atom. The van der Waals surface area contributed by atoms with Gasteiger partial charge in [-0.1, -0.05) is 38.8 Å². The molecule has 8 nitrogen and oxygen atoms in total. The molecule has 4 rings (SSSR count). The average Bonchev–Trinajstić information content (AvgIpc) is 2.91. The van der Waals surface area contributed by atoms with Gasteiger partial charge in [-0.3, -0.25) is 14.4 Å². The quantitative estimate of drug-likeness (QED) is 0.458. The minimum absolute atomic E-state index is 0.0498. The van der Waals surface area contributed by atoms with Crippen molar-refractivity contribution >= 4 is 29.8 Å². The normalized spacial score (nSPS) is 19.4. The maximum Gasteiger partial charge on any atom is 0.331 e. The highest BCUT2D eigenvalue weighted by Gasteiger charge is 2.47. The van der Waals surface area contributed by atoms with Crippen LogP contribution in [0.3, 0.4) is 0 Å². The Morgan fingerprint density at radius 2 is 1.84 bits per heavy atom. The van der Waals surface area contributed by atoms with Gasteiger partial charge in [-0.2, -0.15) is 0 Å². The van der Waals surface area contributed by atoms with Crippen molar-refractivity contribution in [2.45, 2.75) is 65.0 Å². The van der Waals surface area contributed by atoms with Crippen LogP contribution in [0.15, 0.2) is 42.5 Å². The molecule has 0 bridgehead atoms. The van der Waals surface area contributed by atoms with E-state index in [1.54, 1.807) is 54.5 Å².